The van der Waals surface area contributed by atoms with E-state index in [4.69, 9.17) is 10.5 Å². The lowest BCUT2D eigenvalue weighted by molar-refractivity contribution is 0.0601. The van der Waals surface area contributed by atoms with Crippen molar-refractivity contribution in [2.24, 2.45) is 10.7 Å². The van der Waals surface area contributed by atoms with E-state index in [1.165, 1.54) is 13.3 Å². The Morgan fingerprint density at radius 2 is 2.14 bits per heavy atom. The number of carbonyl (C=O) groups is 1. The molecular weight excluding hydrogens is 278 g/mol. The summed E-state index contributed by atoms with van der Waals surface area (Å²) in [4.78, 5) is 20.1. The number of ether oxygens (including phenoxy) is 1. The van der Waals surface area contributed by atoms with Crippen molar-refractivity contribution >= 4 is 23.4 Å². The minimum atomic E-state index is -0.390. The molecule has 22 heavy (non-hydrogen) atoms. The summed E-state index contributed by atoms with van der Waals surface area (Å²) in [7, 11) is 1.35. The average molecular weight is 295 g/mol. The molecule has 0 aliphatic carbocycles. The summed E-state index contributed by atoms with van der Waals surface area (Å²) in [5.41, 5.74) is 9.36. The number of aryl methyl sites for hydroxylation is 1. The van der Waals surface area contributed by atoms with Gasteiger partial charge in [0, 0.05) is 35.9 Å². The molecule has 0 unspecified atom stereocenters. The van der Waals surface area contributed by atoms with Crippen molar-refractivity contribution in [3.05, 3.63) is 65.6 Å². The molecule has 1 heterocycles. The maximum Gasteiger partial charge on any atom is 0.337 e. The summed E-state index contributed by atoms with van der Waals surface area (Å²) in [5.74, 6) is -0.390. The molecule has 5 nitrogen and oxygen atoms in total. The first kappa shape index (κ1) is 15.4. The number of carbonyl (C=O) groups excluding carboxylic acids is 1. The third-order valence-corrected chi connectivity index (χ3v) is 3.15. The minimum absolute atomic E-state index is 0.390. The van der Waals surface area contributed by atoms with Gasteiger partial charge in [-0.25, -0.2) is 4.79 Å². The molecule has 2 N–H and O–H groups in total. The molecule has 2 rings (SSSR count). The zero-order chi connectivity index (χ0) is 15.9. The number of aromatic nitrogens is 1. The summed E-state index contributed by atoms with van der Waals surface area (Å²) < 4.78 is 4.72. The number of benzene rings is 1. The minimum Gasteiger partial charge on any atom is -0.465 e. The van der Waals surface area contributed by atoms with E-state index in [1.807, 2.05) is 25.1 Å². The van der Waals surface area contributed by atoms with E-state index in [0.29, 0.717) is 11.3 Å². The van der Waals surface area contributed by atoms with Crippen molar-refractivity contribution < 1.29 is 9.53 Å². The first-order valence-electron chi connectivity index (χ1n) is 6.71. The predicted molar refractivity (Wildman–Crippen MR) is 87.1 cm³/mol. The number of pyridine rings is 1. The van der Waals surface area contributed by atoms with E-state index in [-0.39, 0.29) is 0 Å². The molecule has 0 atom stereocenters. The smallest absolute Gasteiger partial charge is 0.337 e. The monoisotopic (exact) mass is 295 g/mol. The number of aliphatic imine (C=N–C) groups is 1. The Morgan fingerprint density at radius 1 is 1.32 bits per heavy atom. The summed E-state index contributed by atoms with van der Waals surface area (Å²) in [6, 6.07) is 8.95. The van der Waals surface area contributed by atoms with Gasteiger partial charge >= 0.3 is 5.97 Å². The van der Waals surface area contributed by atoms with Crippen molar-refractivity contribution in [1.82, 2.24) is 4.98 Å². The van der Waals surface area contributed by atoms with Gasteiger partial charge in [-0.05, 0) is 30.7 Å². The molecular formula is C17H17N3O2. The van der Waals surface area contributed by atoms with Crippen LogP contribution in [-0.4, -0.2) is 24.3 Å². The van der Waals surface area contributed by atoms with E-state index >= 15 is 0 Å². The van der Waals surface area contributed by atoms with Gasteiger partial charge in [0.15, 0.2) is 0 Å². The first-order valence-corrected chi connectivity index (χ1v) is 6.71. The van der Waals surface area contributed by atoms with Crippen LogP contribution in [0.1, 0.15) is 21.5 Å². The molecule has 1 aromatic carbocycles. The highest BCUT2D eigenvalue weighted by atomic mass is 16.5. The highest BCUT2D eigenvalue weighted by Gasteiger charge is 2.07. The van der Waals surface area contributed by atoms with Gasteiger partial charge in [-0.1, -0.05) is 12.1 Å². The molecule has 0 fully saturated rings. The molecule has 0 radical (unpaired) electrons. The van der Waals surface area contributed by atoms with Crippen LogP contribution < -0.4 is 5.73 Å². The van der Waals surface area contributed by atoms with Crippen LogP contribution in [0.4, 0.5) is 5.69 Å². The van der Waals surface area contributed by atoms with E-state index in [1.54, 1.807) is 30.7 Å². The number of nitrogens with zero attached hydrogens (tertiary/aromatic N) is 2. The molecule has 1 aromatic heterocycles. The Hall–Kier alpha value is -2.95. The first-order chi connectivity index (χ1) is 10.7. The Kier molecular flexibility index (Phi) is 5.03. The maximum absolute atomic E-state index is 11.6. The topological polar surface area (TPSA) is 77.6 Å². The third-order valence-electron chi connectivity index (χ3n) is 3.15. The molecule has 0 saturated heterocycles. The standard InChI is InChI=1S/C17H17N3O2/c1-12-5-6-13(17(21)22-2)8-16(12)20-11-15(9-18)14-4-3-7-19-10-14/h3-11H,18H2,1-2H3/b15-9+,20-11?. The Balaban J connectivity index is 2.31. The molecule has 5 heteroatoms. The lowest BCUT2D eigenvalue weighted by Gasteiger charge is -2.04. The van der Waals surface area contributed by atoms with E-state index < -0.39 is 5.97 Å². The molecule has 112 valence electrons. The fourth-order valence-electron chi connectivity index (χ4n) is 1.88. The largest absolute Gasteiger partial charge is 0.465 e. The Bertz CT molecular complexity index is 722. The molecule has 2 aromatic rings. The van der Waals surface area contributed by atoms with Crippen LogP contribution in [0.5, 0.6) is 0 Å². The number of nitrogens with two attached hydrogens (primary N) is 1. The van der Waals surface area contributed by atoms with Crippen LogP contribution in [0.15, 0.2) is 53.9 Å². The van der Waals surface area contributed by atoms with Crippen LogP contribution in [0.25, 0.3) is 5.57 Å². The molecule has 0 aliphatic heterocycles. The highest BCUT2D eigenvalue weighted by Crippen LogP contribution is 2.21. The van der Waals surface area contributed by atoms with Gasteiger partial charge in [-0.2, -0.15) is 0 Å². The van der Waals surface area contributed by atoms with Gasteiger partial charge in [0.25, 0.3) is 0 Å². The number of methoxy groups -OCH3 is 1. The maximum atomic E-state index is 11.6. The van der Waals surface area contributed by atoms with Crippen LogP contribution in [-0.2, 0) is 4.74 Å². The van der Waals surface area contributed by atoms with E-state index in [0.717, 1.165) is 16.7 Å². The summed E-state index contributed by atoms with van der Waals surface area (Å²) >= 11 is 0. The van der Waals surface area contributed by atoms with Crippen molar-refractivity contribution in [3.8, 4) is 0 Å². The third kappa shape index (κ3) is 3.58. The number of rotatable bonds is 4. The molecule has 0 bridgehead atoms. The highest BCUT2D eigenvalue weighted by molar-refractivity contribution is 6.10. The van der Waals surface area contributed by atoms with Crippen molar-refractivity contribution in [2.45, 2.75) is 6.92 Å². The normalized spacial score (nSPS) is 11.6. The summed E-state index contributed by atoms with van der Waals surface area (Å²) in [6.07, 6.45) is 6.53. The van der Waals surface area contributed by atoms with Gasteiger partial charge in [-0.3, -0.25) is 9.98 Å². The fourth-order valence-corrected chi connectivity index (χ4v) is 1.88. The van der Waals surface area contributed by atoms with Gasteiger partial charge in [0.2, 0.25) is 0 Å². The quantitative estimate of drug-likeness (QED) is 0.695. The van der Waals surface area contributed by atoms with Gasteiger partial charge in [0.05, 0.1) is 18.4 Å². The SMILES string of the molecule is COC(=O)c1ccc(C)c(N=C/C(=C\N)c2cccnc2)c1. The zero-order valence-electron chi connectivity index (χ0n) is 12.5. The van der Waals surface area contributed by atoms with Crippen LogP contribution in [0, 0.1) is 6.92 Å². The van der Waals surface area contributed by atoms with E-state index in [9.17, 15) is 4.79 Å². The lowest BCUT2D eigenvalue weighted by atomic mass is 10.1. The van der Waals surface area contributed by atoms with Crippen molar-refractivity contribution in [3.63, 3.8) is 0 Å². The van der Waals surface area contributed by atoms with Gasteiger partial charge < -0.3 is 10.5 Å². The average Bonchev–Trinajstić information content (AvgIpc) is 2.57. The summed E-state index contributed by atoms with van der Waals surface area (Å²) in [6.45, 7) is 1.92. The molecule has 0 amide bonds. The second-order valence-electron chi connectivity index (χ2n) is 4.61. The van der Waals surface area contributed by atoms with E-state index in [2.05, 4.69) is 9.98 Å². The second-order valence-corrected chi connectivity index (χ2v) is 4.61. The Labute approximate surface area is 129 Å². The summed E-state index contributed by atoms with van der Waals surface area (Å²) in [5, 5.41) is 0. The van der Waals surface area contributed by atoms with Crippen molar-refractivity contribution in [1.29, 1.82) is 0 Å². The molecule has 0 spiro atoms. The number of allylic oxidation sites excluding steroid dienone is 1. The van der Waals surface area contributed by atoms with Gasteiger partial charge in [0.1, 0.15) is 0 Å². The predicted octanol–water partition coefficient (Wildman–Crippen LogP) is 2.88. The molecule has 0 aliphatic rings. The molecule has 0 saturated carbocycles. The van der Waals surface area contributed by atoms with Crippen LogP contribution in [0.2, 0.25) is 0 Å². The number of esters is 1. The second kappa shape index (κ2) is 7.17. The van der Waals surface area contributed by atoms with Crippen molar-refractivity contribution in [2.75, 3.05) is 7.11 Å². The van der Waals surface area contributed by atoms with Crippen LogP contribution in [0.3, 0.4) is 0 Å². The van der Waals surface area contributed by atoms with Gasteiger partial charge in [-0.15, -0.1) is 0 Å². The Morgan fingerprint density at radius 3 is 2.77 bits per heavy atom. The van der Waals surface area contributed by atoms with Crippen LogP contribution >= 0.6 is 0 Å². The number of hydrogen-bond acceptors (Lipinski definition) is 5. The fraction of sp³-hybridized carbons (Fsp3) is 0.118. The zero-order valence-corrected chi connectivity index (χ0v) is 12.5. The number of hydrogen-bond donors (Lipinski definition) is 1. The lowest BCUT2D eigenvalue weighted by Crippen LogP contribution is -2.00.